The monoisotopic (exact) mass is 300 g/mol. The topological polar surface area (TPSA) is 71.3 Å². The molecule has 0 aliphatic carbocycles. The minimum Gasteiger partial charge on any atom is -0.392 e. The SMILES string of the molecule is Cc1cccc(Cn2cccc(C(=O)NCC(C)O)c2=O)c1. The van der Waals surface area contributed by atoms with Crippen LogP contribution in [0.15, 0.2) is 47.4 Å². The van der Waals surface area contributed by atoms with Gasteiger partial charge in [0.1, 0.15) is 5.56 Å². The Balaban J connectivity index is 2.22. The molecular weight excluding hydrogens is 280 g/mol. The number of hydrogen-bond donors (Lipinski definition) is 2. The van der Waals surface area contributed by atoms with Crippen molar-refractivity contribution in [2.24, 2.45) is 0 Å². The summed E-state index contributed by atoms with van der Waals surface area (Å²) in [4.78, 5) is 24.4. The Morgan fingerprint density at radius 3 is 2.77 bits per heavy atom. The second-order valence-corrected chi connectivity index (χ2v) is 5.40. The van der Waals surface area contributed by atoms with E-state index in [0.717, 1.165) is 11.1 Å². The van der Waals surface area contributed by atoms with Crippen molar-refractivity contribution in [3.63, 3.8) is 0 Å². The van der Waals surface area contributed by atoms with Crippen LogP contribution in [0.3, 0.4) is 0 Å². The molecule has 0 saturated heterocycles. The van der Waals surface area contributed by atoms with Gasteiger partial charge in [-0.15, -0.1) is 0 Å². The molecule has 1 amide bonds. The molecule has 1 atom stereocenters. The highest BCUT2D eigenvalue weighted by Gasteiger charge is 2.12. The molecular formula is C17H20N2O3. The van der Waals surface area contributed by atoms with Crippen LogP contribution in [0.25, 0.3) is 0 Å². The Bertz CT molecular complexity index is 720. The van der Waals surface area contributed by atoms with Crippen molar-refractivity contribution in [1.82, 2.24) is 9.88 Å². The Hall–Kier alpha value is -2.40. The highest BCUT2D eigenvalue weighted by molar-refractivity contribution is 5.93. The first-order valence-corrected chi connectivity index (χ1v) is 7.18. The number of aromatic nitrogens is 1. The third kappa shape index (κ3) is 4.05. The van der Waals surface area contributed by atoms with E-state index in [0.29, 0.717) is 6.54 Å². The van der Waals surface area contributed by atoms with Crippen LogP contribution in [0.2, 0.25) is 0 Å². The number of amides is 1. The van der Waals surface area contributed by atoms with Crippen LogP contribution in [0.1, 0.15) is 28.4 Å². The van der Waals surface area contributed by atoms with Crippen molar-refractivity contribution in [1.29, 1.82) is 0 Å². The molecule has 116 valence electrons. The fourth-order valence-electron chi connectivity index (χ4n) is 2.18. The molecule has 2 rings (SSSR count). The molecule has 2 N–H and O–H groups in total. The Kier molecular flexibility index (Phi) is 5.12. The molecule has 1 aromatic heterocycles. The fraction of sp³-hybridized carbons (Fsp3) is 0.294. The van der Waals surface area contributed by atoms with E-state index in [1.54, 1.807) is 19.2 Å². The Morgan fingerprint density at radius 2 is 2.09 bits per heavy atom. The lowest BCUT2D eigenvalue weighted by molar-refractivity contribution is 0.0922. The lowest BCUT2D eigenvalue weighted by Gasteiger charge is -2.10. The molecule has 0 saturated carbocycles. The zero-order chi connectivity index (χ0) is 16.1. The molecule has 0 radical (unpaired) electrons. The molecule has 0 fully saturated rings. The number of aliphatic hydroxyl groups excluding tert-OH is 1. The zero-order valence-corrected chi connectivity index (χ0v) is 12.7. The average molecular weight is 300 g/mol. The average Bonchev–Trinajstić information content (AvgIpc) is 2.47. The summed E-state index contributed by atoms with van der Waals surface area (Å²) in [5.74, 6) is -0.468. The second-order valence-electron chi connectivity index (χ2n) is 5.40. The van der Waals surface area contributed by atoms with E-state index in [9.17, 15) is 14.7 Å². The first-order chi connectivity index (χ1) is 10.5. The molecule has 5 nitrogen and oxygen atoms in total. The van der Waals surface area contributed by atoms with Gasteiger partial charge in [0.15, 0.2) is 0 Å². The maximum atomic E-state index is 12.4. The Labute approximate surface area is 129 Å². The zero-order valence-electron chi connectivity index (χ0n) is 12.7. The first-order valence-electron chi connectivity index (χ1n) is 7.18. The quantitative estimate of drug-likeness (QED) is 0.874. The minimum atomic E-state index is -0.651. The van der Waals surface area contributed by atoms with Gasteiger partial charge in [-0.1, -0.05) is 29.8 Å². The highest BCUT2D eigenvalue weighted by Crippen LogP contribution is 2.05. The van der Waals surface area contributed by atoms with Crippen LogP contribution in [0.4, 0.5) is 0 Å². The van der Waals surface area contributed by atoms with Gasteiger partial charge in [0.2, 0.25) is 0 Å². The molecule has 1 aromatic carbocycles. The van der Waals surface area contributed by atoms with E-state index >= 15 is 0 Å². The molecule has 0 bridgehead atoms. The lowest BCUT2D eigenvalue weighted by Crippen LogP contribution is -2.36. The molecule has 2 aromatic rings. The van der Waals surface area contributed by atoms with Gasteiger partial charge in [-0.2, -0.15) is 0 Å². The number of aliphatic hydroxyl groups is 1. The molecule has 0 spiro atoms. The molecule has 22 heavy (non-hydrogen) atoms. The third-order valence-corrected chi connectivity index (χ3v) is 3.26. The third-order valence-electron chi connectivity index (χ3n) is 3.26. The summed E-state index contributed by atoms with van der Waals surface area (Å²) in [5.41, 5.74) is 1.86. The van der Waals surface area contributed by atoms with Crippen LogP contribution in [0.5, 0.6) is 0 Å². The van der Waals surface area contributed by atoms with Crippen LogP contribution in [0, 0.1) is 6.92 Å². The smallest absolute Gasteiger partial charge is 0.263 e. The van der Waals surface area contributed by atoms with Crippen molar-refractivity contribution in [3.05, 3.63) is 69.6 Å². The molecule has 1 unspecified atom stereocenters. The number of nitrogens with one attached hydrogen (secondary N) is 1. The van der Waals surface area contributed by atoms with E-state index in [1.165, 1.54) is 10.6 Å². The molecule has 5 heteroatoms. The molecule has 1 heterocycles. The van der Waals surface area contributed by atoms with E-state index in [2.05, 4.69) is 5.32 Å². The predicted octanol–water partition coefficient (Wildman–Crippen LogP) is 1.32. The van der Waals surface area contributed by atoms with Crippen LogP contribution >= 0.6 is 0 Å². The number of carbonyl (C=O) groups is 1. The number of nitrogens with zero attached hydrogens (tertiary/aromatic N) is 1. The molecule has 0 aliphatic heterocycles. The van der Waals surface area contributed by atoms with Gasteiger partial charge in [0.05, 0.1) is 12.6 Å². The number of aryl methyl sites for hydroxylation is 1. The van der Waals surface area contributed by atoms with Crippen molar-refractivity contribution in [2.45, 2.75) is 26.5 Å². The lowest BCUT2D eigenvalue weighted by atomic mass is 10.1. The highest BCUT2D eigenvalue weighted by atomic mass is 16.3. The molecule has 0 aliphatic rings. The van der Waals surface area contributed by atoms with Crippen molar-refractivity contribution in [3.8, 4) is 0 Å². The number of benzene rings is 1. The van der Waals surface area contributed by atoms with Crippen molar-refractivity contribution < 1.29 is 9.90 Å². The summed E-state index contributed by atoms with van der Waals surface area (Å²) >= 11 is 0. The maximum Gasteiger partial charge on any atom is 0.263 e. The summed E-state index contributed by atoms with van der Waals surface area (Å²) < 4.78 is 1.51. The van der Waals surface area contributed by atoms with Gasteiger partial charge >= 0.3 is 0 Å². The number of carbonyl (C=O) groups excluding carboxylic acids is 1. The first kappa shape index (κ1) is 16.0. The van der Waals surface area contributed by atoms with Gasteiger partial charge < -0.3 is 15.0 Å². The van der Waals surface area contributed by atoms with E-state index in [1.807, 2.05) is 31.2 Å². The van der Waals surface area contributed by atoms with Gasteiger partial charge in [0.25, 0.3) is 11.5 Å². The maximum absolute atomic E-state index is 12.4. The summed E-state index contributed by atoms with van der Waals surface area (Å²) in [5, 5.41) is 11.7. The van der Waals surface area contributed by atoms with E-state index < -0.39 is 12.0 Å². The second kappa shape index (κ2) is 7.04. The van der Waals surface area contributed by atoms with Crippen molar-refractivity contribution in [2.75, 3.05) is 6.54 Å². The van der Waals surface area contributed by atoms with Crippen LogP contribution < -0.4 is 10.9 Å². The van der Waals surface area contributed by atoms with Crippen molar-refractivity contribution >= 4 is 5.91 Å². The number of hydrogen-bond acceptors (Lipinski definition) is 3. The van der Waals surface area contributed by atoms with Crippen LogP contribution in [-0.4, -0.2) is 28.2 Å². The summed E-state index contributed by atoms with van der Waals surface area (Å²) in [6.07, 6.45) is 1.01. The van der Waals surface area contributed by atoms with Crippen LogP contribution in [-0.2, 0) is 6.54 Å². The Morgan fingerprint density at radius 1 is 1.32 bits per heavy atom. The predicted molar refractivity (Wildman–Crippen MR) is 85.0 cm³/mol. The van der Waals surface area contributed by atoms with Gasteiger partial charge in [-0.25, -0.2) is 0 Å². The summed E-state index contributed by atoms with van der Waals surface area (Å²) in [7, 11) is 0. The van der Waals surface area contributed by atoms with Gasteiger partial charge in [-0.05, 0) is 31.5 Å². The van der Waals surface area contributed by atoms with E-state index in [-0.39, 0.29) is 17.7 Å². The number of pyridine rings is 1. The fourth-order valence-corrected chi connectivity index (χ4v) is 2.18. The standard InChI is InChI=1S/C17H20N2O3/c1-12-5-3-6-14(9-12)11-19-8-4-7-15(17(19)22)16(21)18-10-13(2)20/h3-9,13,20H,10-11H2,1-2H3,(H,18,21). The summed E-state index contributed by atoms with van der Waals surface area (Å²) in [6.45, 7) is 4.09. The van der Waals surface area contributed by atoms with E-state index in [4.69, 9.17) is 0 Å². The van der Waals surface area contributed by atoms with Gasteiger partial charge in [-0.3, -0.25) is 9.59 Å². The van der Waals surface area contributed by atoms with Gasteiger partial charge in [0, 0.05) is 12.7 Å². The summed E-state index contributed by atoms with van der Waals surface area (Å²) in [6, 6.07) is 11.0. The number of rotatable bonds is 5. The largest absolute Gasteiger partial charge is 0.392 e. The normalized spacial score (nSPS) is 12.0. The minimum absolute atomic E-state index is 0.0794.